The second kappa shape index (κ2) is 9.44. The number of nitrogens with zero attached hydrogens (tertiary/aromatic N) is 1. The number of hydrogen-bond acceptors (Lipinski definition) is 6. The van der Waals surface area contributed by atoms with Crippen LogP contribution < -0.4 is 19.1 Å². The molecule has 1 unspecified atom stereocenters. The van der Waals surface area contributed by atoms with Gasteiger partial charge in [0.05, 0.1) is 11.6 Å². The third-order valence-corrected chi connectivity index (χ3v) is 6.54. The number of amides is 1. The molecule has 1 N–H and O–H groups in total. The van der Waals surface area contributed by atoms with Crippen LogP contribution in [0.4, 0.5) is 5.69 Å². The second-order valence-corrected chi connectivity index (χ2v) is 9.06. The van der Waals surface area contributed by atoms with Gasteiger partial charge in [-0.3, -0.25) is 14.5 Å². The standard InChI is InChI=1S/C31H23NO6/c1-19-6-5-7-20(16-19)28-27(29(33)21-10-15-25-26(17-21)37-18-36-25)30(34)31(35)32(28)22-11-13-24(14-12-22)38-23-8-3-2-4-9-23/h2-17,28,33H,18H2,1H3/b29-27-. The Bertz CT molecular complexity index is 1580. The molecule has 7 heteroatoms. The van der Waals surface area contributed by atoms with Gasteiger partial charge >= 0.3 is 0 Å². The van der Waals surface area contributed by atoms with Gasteiger partial charge < -0.3 is 19.3 Å². The Morgan fingerprint density at radius 2 is 1.58 bits per heavy atom. The fourth-order valence-corrected chi connectivity index (χ4v) is 4.75. The van der Waals surface area contributed by atoms with Crippen molar-refractivity contribution >= 4 is 23.1 Å². The van der Waals surface area contributed by atoms with Gasteiger partial charge in [-0.05, 0) is 67.1 Å². The quantitative estimate of drug-likeness (QED) is 0.199. The first-order valence-electron chi connectivity index (χ1n) is 12.1. The lowest BCUT2D eigenvalue weighted by molar-refractivity contribution is -0.132. The van der Waals surface area contributed by atoms with Crippen molar-refractivity contribution in [2.24, 2.45) is 0 Å². The summed E-state index contributed by atoms with van der Waals surface area (Å²) in [7, 11) is 0. The number of benzene rings is 4. The summed E-state index contributed by atoms with van der Waals surface area (Å²) in [5, 5.41) is 11.4. The number of carbonyl (C=O) groups excluding carboxylic acids is 2. The molecule has 0 aromatic heterocycles. The first-order valence-corrected chi connectivity index (χ1v) is 12.1. The van der Waals surface area contributed by atoms with Crippen molar-refractivity contribution in [3.05, 3.63) is 119 Å². The SMILES string of the molecule is Cc1cccc(C2/C(=C(/O)c3ccc4c(c3)OCO4)C(=O)C(=O)N2c2ccc(Oc3ccccc3)cc2)c1. The number of aliphatic hydroxyl groups is 1. The molecule has 7 nitrogen and oxygen atoms in total. The van der Waals surface area contributed by atoms with Crippen molar-refractivity contribution in [3.63, 3.8) is 0 Å². The molecule has 0 bridgehead atoms. The van der Waals surface area contributed by atoms with Gasteiger partial charge in [0, 0.05) is 11.3 Å². The number of aryl methyl sites for hydroxylation is 1. The molecule has 188 valence electrons. The van der Waals surface area contributed by atoms with Gasteiger partial charge in [-0.25, -0.2) is 0 Å². The van der Waals surface area contributed by atoms with Gasteiger partial charge in [-0.2, -0.15) is 0 Å². The molecule has 6 rings (SSSR count). The fraction of sp³-hybridized carbons (Fsp3) is 0.0968. The number of Topliss-reactive ketones (excluding diaryl/α,β-unsaturated/α-hetero) is 1. The molecule has 1 atom stereocenters. The fourth-order valence-electron chi connectivity index (χ4n) is 4.75. The molecule has 0 radical (unpaired) electrons. The van der Waals surface area contributed by atoms with Crippen LogP contribution in [0.15, 0.2) is 103 Å². The number of hydrogen-bond donors (Lipinski definition) is 1. The van der Waals surface area contributed by atoms with Crippen molar-refractivity contribution in [2.45, 2.75) is 13.0 Å². The Balaban J connectivity index is 1.43. The Morgan fingerprint density at radius 1 is 0.842 bits per heavy atom. The van der Waals surface area contributed by atoms with E-state index in [9.17, 15) is 14.7 Å². The average Bonchev–Trinajstić information content (AvgIpc) is 3.51. The largest absolute Gasteiger partial charge is 0.507 e. The summed E-state index contributed by atoms with van der Waals surface area (Å²) in [6.07, 6.45) is 0. The molecule has 2 aliphatic heterocycles. The zero-order valence-corrected chi connectivity index (χ0v) is 20.5. The van der Waals surface area contributed by atoms with Crippen LogP contribution in [0.2, 0.25) is 0 Å². The van der Waals surface area contributed by atoms with Gasteiger partial charge in [0.15, 0.2) is 11.5 Å². The predicted octanol–water partition coefficient (Wildman–Crippen LogP) is 6.14. The van der Waals surface area contributed by atoms with Crippen LogP contribution >= 0.6 is 0 Å². The van der Waals surface area contributed by atoms with Crippen LogP contribution in [-0.4, -0.2) is 23.6 Å². The highest BCUT2D eigenvalue weighted by Crippen LogP contribution is 2.44. The van der Waals surface area contributed by atoms with Gasteiger partial charge in [0.2, 0.25) is 6.79 Å². The van der Waals surface area contributed by atoms with Crippen molar-refractivity contribution < 1.29 is 28.9 Å². The maximum absolute atomic E-state index is 13.4. The number of fused-ring (bicyclic) bond motifs is 1. The van der Waals surface area contributed by atoms with Crippen molar-refractivity contribution in [2.75, 3.05) is 11.7 Å². The Hall–Kier alpha value is -5.04. The first kappa shape index (κ1) is 23.4. The Kier molecular flexibility index (Phi) is 5.81. The van der Waals surface area contributed by atoms with E-state index in [1.807, 2.05) is 61.5 Å². The molecule has 0 spiro atoms. The maximum atomic E-state index is 13.4. The highest BCUT2D eigenvalue weighted by molar-refractivity contribution is 6.51. The molecule has 1 saturated heterocycles. The minimum absolute atomic E-state index is 0.00378. The van der Waals surface area contributed by atoms with Crippen molar-refractivity contribution in [1.29, 1.82) is 0 Å². The molecule has 4 aromatic rings. The van der Waals surface area contributed by atoms with E-state index in [4.69, 9.17) is 14.2 Å². The van der Waals surface area contributed by atoms with Crippen LogP contribution in [0.25, 0.3) is 5.76 Å². The highest BCUT2D eigenvalue weighted by atomic mass is 16.7. The minimum Gasteiger partial charge on any atom is -0.507 e. The minimum atomic E-state index is -0.832. The Morgan fingerprint density at radius 3 is 2.34 bits per heavy atom. The molecule has 2 aliphatic rings. The van der Waals surface area contributed by atoms with E-state index in [0.29, 0.717) is 39.8 Å². The lowest BCUT2D eigenvalue weighted by atomic mass is 9.94. The van der Waals surface area contributed by atoms with E-state index >= 15 is 0 Å². The summed E-state index contributed by atoms with van der Waals surface area (Å²) in [6.45, 7) is 2.01. The Labute approximate surface area is 219 Å². The number of aliphatic hydroxyl groups excluding tert-OH is 1. The van der Waals surface area contributed by atoms with E-state index in [1.165, 1.54) is 4.90 Å². The highest BCUT2D eigenvalue weighted by Gasteiger charge is 2.47. The zero-order chi connectivity index (χ0) is 26.2. The van der Waals surface area contributed by atoms with Gasteiger partial charge in [-0.15, -0.1) is 0 Å². The molecule has 0 saturated carbocycles. The van der Waals surface area contributed by atoms with Crippen LogP contribution in [0, 0.1) is 6.92 Å². The lowest BCUT2D eigenvalue weighted by Crippen LogP contribution is -2.29. The topological polar surface area (TPSA) is 85.3 Å². The third-order valence-electron chi connectivity index (χ3n) is 6.54. The third kappa shape index (κ3) is 4.14. The van der Waals surface area contributed by atoms with E-state index < -0.39 is 17.7 Å². The van der Waals surface area contributed by atoms with Gasteiger partial charge in [-0.1, -0.05) is 48.0 Å². The maximum Gasteiger partial charge on any atom is 0.300 e. The number of ether oxygens (including phenoxy) is 3. The number of anilines is 1. The monoisotopic (exact) mass is 505 g/mol. The number of para-hydroxylation sites is 1. The van der Waals surface area contributed by atoms with E-state index in [-0.39, 0.29) is 18.1 Å². The summed E-state index contributed by atoms with van der Waals surface area (Å²) in [4.78, 5) is 28.3. The molecule has 1 fully saturated rings. The molecule has 1 amide bonds. The predicted molar refractivity (Wildman–Crippen MR) is 141 cm³/mol. The number of carbonyl (C=O) groups is 2. The molecule has 0 aliphatic carbocycles. The molecular weight excluding hydrogens is 482 g/mol. The van der Waals surface area contributed by atoms with Crippen LogP contribution in [-0.2, 0) is 9.59 Å². The van der Waals surface area contributed by atoms with E-state index in [0.717, 1.165) is 5.56 Å². The van der Waals surface area contributed by atoms with Crippen LogP contribution in [0.5, 0.6) is 23.0 Å². The molecule has 4 aromatic carbocycles. The average molecular weight is 506 g/mol. The van der Waals surface area contributed by atoms with Gasteiger partial charge in [0.25, 0.3) is 11.7 Å². The summed E-state index contributed by atoms with van der Waals surface area (Å²) in [5.74, 6) is 0.513. The normalized spacial score (nSPS) is 17.6. The number of rotatable bonds is 5. The summed E-state index contributed by atoms with van der Waals surface area (Å²) in [5.41, 5.74) is 2.53. The van der Waals surface area contributed by atoms with Crippen LogP contribution in [0.3, 0.4) is 0 Å². The van der Waals surface area contributed by atoms with Crippen molar-refractivity contribution in [3.8, 4) is 23.0 Å². The summed E-state index contributed by atoms with van der Waals surface area (Å²) in [6, 6.07) is 27.9. The number of ketones is 1. The van der Waals surface area contributed by atoms with Gasteiger partial charge in [0.1, 0.15) is 17.3 Å². The molecule has 38 heavy (non-hydrogen) atoms. The second-order valence-electron chi connectivity index (χ2n) is 9.06. The lowest BCUT2D eigenvalue weighted by Gasteiger charge is -2.26. The molecule has 2 heterocycles. The summed E-state index contributed by atoms with van der Waals surface area (Å²) < 4.78 is 16.7. The molecular formula is C31H23NO6. The van der Waals surface area contributed by atoms with Crippen LogP contribution in [0.1, 0.15) is 22.7 Å². The van der Waals surface area contributed by atoms with E-state index in [2.05, 4.69) is 0 Å². The smallest absolute Gasteiger partial charge is 0.300 e. The summed E-state index contributed by atoms with van der Waals surface area (Å²) >= 11 is 0. The zero-order valence-electron chi connectivity index (χ0n) is 20.5. The first-order chi connectivity index (χ1) is 18.5. The van der Waals surface area contributed by atoms with Crippen molar-refractivity contribution in [1.82, 2.24) is 0 Å². The van der Waals surface area contributed by atoms with E-state index in [1.54, 1.807) is 42.5 Å².